The number of para-hydroxylation sites is 1. The Balaban J connectivity index is 1.53. The number of carbonyl (C=O) groups excluding carboxylic acids is 6. The van der Waals surface area contributed by atoms with Crippen molar-refractivity contribution in [3.8, 4) is 0 Å². The molecule has 12 N–H and O–H groups in total. The lowest BCUT2D eigenvalue weighted by atomic mass is 10.0. The molecule has 0 aliphatic heterocycles. The second-order valence-corrected chi connectivity index (χ2v) is 13.6. The topological polar surface area (TPSA) is 260 Å². The fourth-order valence-corrected chi connectivity index (χ4v) is 5.91. The zero-order valence-electron chi connectivity index (χ0n) is 31.6. The van der Waals surface area contributed by atoms with E-state index in [9.17, 15) is 28.8 Å². The molecule has 5 atom stereocenters. The van der Waals surface area contributed by atoms with Crippen molar-refractivity contribution in [2.75, 3.05) is 6.54 Å². The highest BCUT2D eigenvalue weighted by atomic mass is 16.2. The Morgan fingerprint density at radius 2 is 1.27 bits per heavy atom. The Hall–Kier alpha value is -6.26. The molecular weight excluding hydrogens is 717 g/mol. The number of fused-ring (bicyclic) bond motifs is 1. The molecule has 0 radical (unpaired) electrons. The molecule has 16 heteroatoms. The lowest BCUT2D eigenvalue weighted by molar-refractivity contribution is -0.133. The fraction of sp³-hybridized carbons (Fsp3) is 0.350. The normalized spacial score (nSPS) is 13.6. The van der Waals surface area contributed by atoms with Crippen molar-refractivity contribution in [3.05, 3.63) is 108 Å². The number of hydrazine groups is 1. The summed E-state index contributed by atoms with van der Waals surface area (Å²) in [6.07, 6.45) is 3.34. The molecule has 4 aromatic rings. The number of amides is 7. The van der Waals surface area contributed by atoms with Crippen molar-refractivity contribution in [2.24, 2.45) is 17.2 Å². The van der Waals surface area contributed by atoms with Crippen LogP contribution in [0.4, 0.5) is 4.79 Å². The van der Waals surface area contributed by atoms with Crippen LogP contribution in [0.25, 0.3) is 10.9 Å². The van der Waals surface area contributed by atoms with Gasteiger partial charge in [-0.2, -0.15) is 0 Å². The van der Waals surface area contributed by atoms with Gasteiger partial charge in [0.2, 0.25) is 23.6 Å². The number of aromatic nitrogens is 1. The molecule has 0 aliphatic carbocycles. The van der Waals surface area contributed by atoms with Gasteiger partial charge in [-0.1, -0.05) is 78.9 Å². The lowest BCUT2D eigenvalue weighted by Crippen LogP contribution is -2.60. The minimum Gasteiger partial charge on any atom is -0.368 e. The van der Waals surface area contributed by atoms with Crippen LogP contribution in [-0.4, -0.2) is 82.3 Å². The number of nitrogens with one attached hydrogen (secondary N) is 6. The predicted octanol–water partition coefficient (Wildman–Crippen LogP) is 1.00. The van der Waals surface area contributed by atoms with E-state index in [1.165, 1.54) is 13.8 Å². The molecule has 298 valence electrons. The molecule has 0 unspecified atom stereocenters. The molecule has 0 saturated heterocycles. The zero-order valence-corrected chi connectivity index (χ0v) is 31.6. The first kappa shape index (κ1) is 42.5. The highest BCUT2D eigenvalue weighted by molar-refractivity contribution is 5.95. The van der Waals surface area contributed by atoms with Crippen molar-refractivity contribution in [1.29, 1.82) is 0 Å². The maximum atomic E-state index is 14.0. The van der Waals surface area contributed by atoms with Gasteiger partial charge in [0.25, 0.3) is 5.91 Å². The molecule has 0 saturated carbocycles. The van der Waals surface area contributed by atoms with Gasteiger partial charge >= 0.3 is 6.03 Å². The van der Waals surface area contributed by atoms with E-state index in [1.807, 2.05) is 30.3 Å². The predicted molar refractivity (Wildman–Crippen MR) is 212 cm³/mol. The maximum absolute atomic E-state index is 14.0. The third-order valence-electron chi connectivity index (χ3n) is 9.08. The Morgan fingerprint density at radius 3 is 1.91 bits per heavy atom. The zero-order chi connectivity index (χ0) is 40.6. The van der Waals surface area contributed by atoms with Crippen LogP contribution in [0.1, 0.15) is 49.8 Å². The first-order valence-corrected chi connectivity index (χ1v) is 18.5. The molecule has 16 nitrogen and oxygen atoms in total. The molecule has 4 rings (SSSR count). The van der Waals surface area contributed by atoms with Crippen LogP contribution in [0.15, 0.2) is 91.1 Å². The smallest absolute Gasteiger partial charge is 0.337 e. The highest BCUT2D eigenvalue weighted by Gasteiger charge is 2.31. The molecule has 0 aliphatic rings. The number of primary amides is 1. The summed E-state index contributed by atoms with van der Waals surface area (Å²) in [6, 6.07) is 19.1. The van der Waals surface area contributed by atoms with Gasteiger partial charge in [-0.25, -0.2) is 9.80 Å². The average Bonchev–Trinajstić information content (AvgIpc) is 3.59. The number of urea groups is 1. The number of H-pyrrole nitrogens is 1. The Labute approximate surface area is 325 Å². The van der Waals surface area contributed by atoms with Crippen LogP contribution in [0, 0.1) is 0 Å². The van der Waals surface area contributed by atoms with E-state index >= 15 is 0 Å². The SMILES string of the molecule is C[C@H](N)C(=O)N[C@@H](Cc1c[nH]c2ccccc12)C(=O)N[C@@H](C)C(=O)NN(Cc1ccccc1)C(=O)N[C@@H](Cc1ccccc1)C(=O)N[C@@H](CCCCN)C(N)=O. The van der Waals surface area contributed by atoms with E-state index in [2.05, 4.69) is 31.7 Å². The summed E-state index contributed by atoms with van der Waals surface area (Å²) in [5.41, 5.74) is 22.6. The van der Waals surface area contributed by atoms with Gasteiger partial charge in [0.15, 0.2) is 0 Å². The van der Waals surface area contributed by atoms with Crippen LogP contribution in [0.3, 0.4) is 0 Å². The van der Waals surface area contributed by atoms with E-state index in [1.54, 1.807) is 60.8 Å². The van der Waals surface area contributed by atoms with Gasteiger partial charge < -0.3 is 43.5 Å². The first-order valence-electron chi connectivity index (χ1n) is 18.5. The Kier molecular flexibility index (Phi) is 15.9. The van der Waals surface area contributed by atoms with Gasteiger partial charge in [0.05, 0.1) is 12.6 Å². The van der Waals surface area contributed by atoms with Gasteiger partial charge in [-0.15, -0.1) is 0 Å². The molecule has 56 heavy (non-hydrogen) atoms. The number of rotatable bonds is 19. The minimum atomic E-state index is -1.19. The quantitative estimate of drug-likeness (QED) is 0.0490. The molecule has 3 aromatic carbocycles. The Bertz CT molecular complexity index is 1940. The largest absolute Gasteiger partial charge is 0.368 e. The molecule has 1 aromatic heterocycles. The van der Waals surface area contributed by atoms with Crippen LogP contribution >= 0.6 is 0 Å². The Morgan fingerprint density at radius 1 is 0.679 bits per heavy atom. The molecule has 1 heterocycles. The molecular formula is C40H52N10O6. The standard InChI is InChI=1S/C40H52N10O6/c1-25(42)36(52)47-34(22-29-23-44-31-18-10-9-17-30(29)31)38(54)45-26(2)37(53)49-50(24-28-15-7-4-8-16-28)40(56)48-33(21-27-13-5-3-6-14-27)39(55)46-32(35(43)51)19-11-12-20-41/h3-10,13-18,23,25-26,32-34,44H,11-12,19-22,24,41-42H2,1-2H3,(H2,43,51)(H,45,54)(H,46,55)(H,47,52)(H,48,56)(H,49,53)/t25-,26-,32-,33-,34-/m0/s1. The van der Waals surface area contributed by atoms with E-state index in [-0.39, 0.29) is 25.8 Å². The van der Waals surface area contributed by atoms with Crippen molar-refractivity contribution in [2.45, 2.75) is 82.7 Å². The average molecular weight is 769 g/mol. The second kappa shape index (κ2) is 21.0. The fourth-order valence-electron chi connectivity index (χ4n) is 5.91. The number of nitrogens with two attached hydrogens (primary N) is 3. The van der Waals surface area contributed by atoms with E-state index < -0.39 is 65.8 Å². The first-order chi connectivity index (χ1) is 26.9. The highest BCUT2D eigenvalue weighted by Crippen LogP contribution is 2.19. The number of nitrogens with zero attached hydrogens (tertiary/aromatic N) is 1. The molecule has 0 spiro atoms. The van der Waals surface area contributed by atoms with Crippen LogP contribution in [0.2, 0.25) is 0 Å². The van der Waals surface area contributed by atoms with Crippen molar-refractivity contribution >= 4 is 46.5 Å². The molecule has 7 amide bonds. The number of hydrogen-bond donors (Lipinski definition) is 9. The number of benzene rings is 3. The lowest BCUT2D eigenvalue weighted by Gasteiger charge is -2.29. The molecule has 0 bridgehead atoms. The summed E-state index contributed by atoms with van der Waals surface area (Å²) in [5.74, 6) is -3.34. The third kappa shape index (κ3) is 12.7. The van der Waals surface area contributed by atoms with Crippen LogP contribution in [-0.2, 0) is 43.4 Å². The van der Waals surface area contributed by atoms with Crippen LogP contribution < -0.4 is 43.9 Å². The summed E-state index contributed by atoms with van der Waals surface area (Å²) in [5, 5.41) is 12.6. The van der Waals surface area contributed by atoms with Crippen LogP contribution in [0.5, 0.6) is 0 Å². The van der Waals surface area contributed by atoms with Crippen molar-refractivity contribution < 1.29 is 28.8 Å². The summed E-state index contributed by atoms with van der Waals surface area (Å²) < 4.78 is 0. The monoisotopic (exact) mass is 768 g/mol. The van der Waals surface area contributed by atoms with Gasteiger partial charge in [-0.3, -0.25) is 29.4 Å². The maximum Gasteiger partial charge on any atom is 0.337 e. The summed E-state index contributed by atoms with van der Waals surface area (Å²) in [4.78, 5) is 83.1. The second-order valence-electron chi connectivity index (χ2n) is 13.6. The summed E-state index contributed by atoms with van der Waals surface area (Å²) in [6.45, 7) is 3.22. The summed E-state index contributed by atoms with van der Waals surface area (Å²) >= 11 is 0. The number of carbonyl (C=O) groups is 6. The van der Waals surface area contributed by atoms with E-state index in [0.29, 0.717) is 24.9 Å². The van der Waals surface area contributed by atoms with Crippen molar-refractivity contribution in [3.63, 3.8) is 0 Å². The molecule has 0 fully saturated rings. The summed E-state index contributed by atoms with van der Waals surface area (Å²) in [7, 11) is 0. The van der Waals surface area contributed by atoms with Crippen molar-refractivity contribution in [1.82, 2.24) is 36.7 Å². The number of unbranched alkanes of at least 4 members (excludes halogenated alkanes) is 1. The minimum absolute atomic E-state index is 0.0528. The van der Waals surface area contributed by atoms with E-state index in [4.69, 9.17) is 17.2 Å². The van der Waals surface area contributed by atoms with Gasteiger partial charge in [0.1, 0.15) is 24.2 Å². The number of aromatic amines is 1. The van der Waals surface area contributed by atoms with E-state index in [0.717, 1.165) is 27.0 Å². The third-order valence-corrected chi connectivity index (χ3v) is 9.08. The number of hydrogen-bond acceptors (Lipinski definition) is 8. The van der Waals surface area contributed by atoms with Gasteiger partial charge in [0, 0.05) is 29.9 Å². The van der Waals surface area contributed by atoms with Gasteiger partial charge in [-0.05, 0) is 62.4 Å².